The molecule has 2 aliphatic rings. The number of methoxy groups -OCH3 is 2. The summed E-state index contributed by atoms with van der Waals surface area (Å²) in [4.78, 5) is 11.2. The van der Waals surface area contributed by atoms with E-state index in [1.54, 1.807) is 0 Å². The lowest BCUT2D eigenvalue weighted by molar-refractivity contribution is -0.296. The number of rotatable bonds is 7. The Kier molecular flexibility index (Phi) is 7.73. The lowest BCUT2D eigenvalue weighted by atomic mass is 9.98. The topological polar surface area (TPSA) is 197 Å². The van der Waals surface area contributed by atoms with Crippen LogP contribution in [0, 0.1) is 0 Å². The monoisotopic (exact) mass is 537 g/mol. The van der Waals surface area contributed by atoms with Crippen LogP contribution in [0.2, 0.25) is 0 Å². The average Bonchev–Trinajstić information content (AvgIpc) is 2.88. The minimum atomic E-state index is -1.72. The van der Waals surface area contributed by atoms with E-state index in [4.69, 9.17) is 23.7 Å². The third-order valence-electron chi connectivity index (χ3n) is 6.13. The van der Waals surface area contributed by atoms with Crippen molar-refractivity contribution in [3.05, 3.63) is 41.2 Å². The Morgan fingerprint density at radius 2 is 1.63 bits per heavy atom. The minimum Gasteiger partial charge on any atom is -0.571 e. The molecule has 0 aromatic heterocycles. The Bertz CT molecular complexity index is 1200. The predicted molar refractivity (Wildman–Crippen MR) is 128 cm³/mol. The maximum absolute atomic E-state index is 11.2. The van der Waals surface area contributed by atoms with Crippen LogP contribution in [0.5, 0.6) is 34.5 Å². The predicted octanol–water partition coefficient (Wildman–Crippen LogP) is 0.545. The lowest BCUT2D eigenvalue weighted by Crippen LogP contribution is -2.59. The van der Waals surface area contributed by atoms with Gasteiger partial charge in [0.25, 0.3) is 11.9 Å². The summed E-state index contributed by atoms with van der Waals surface area (Å²) in [6, 6.07) is 5.37. The first-order valence-corrected chi connectivity index (χ1v) is 11.5. The number of hydrogen-bond donors (Lipinski definition) is 6. The highest BCUT2D eigenvalue weighted by Crippen LogP contribution is 2.48. The second-order valence-corrected chi connectivity index (χ2v) is 8.69. The molecule has 2 aromatic carbocycles. The van der Waals surface area contributed by atoms with E-state index in [-0.39, 0.29) is 45.8 Å². The van der Waals surface area contributed by atoms with Crippen LogP contribution >= 0.6 is 0 Å². The van der Waals surface area contributed by atoms with Gasteiger partial charge in [0.05, 0.1) is 25.8 Å². The molecule has 6 atom stereocenters. The molecule has 2 aliphatic heterocycles. The SMILES string of the molecule is COc1cc(C2[OH+]c3cc(O)cc(O)c3C=C2OC2O[C@H](COC(C)=O)[C@H](O)[C@H](O)[C@H]2O)cc(OC)c1O. The molecule has 0 spiro atoms. The molecule has 2 unspecified atom stereocenters. The van der Waals surface area contributed by atoms with Gasteiger partial charge in [0.2, 0.25) is 12.0 Å². The highest BCUT2D eigenvalue weighted by molar-refractivity contribution is 5.69. The van der Waals surface area contributed by atoms with Crippen LogP contribution in [-0.2, 0) is 19.0 Å². The van der Waals surface area contributed by atoms with Crippen LogP contribution in [0.25, 0.3) is 6.08 Å². The van der Waals surface area contributed by atoms with Gasteiger partial charge in [-0.3, -0.25) is 4.79 Å². The van der Waals surface area contributed by atoms with E-state index < -0.39 is 49.4 Å². The molecule has 1 saturated heterocycles. The molecule has 38 heavy (non-hydrogen) atoms. The van der Waals surface area contributed by atoms with Gasteiger partial charge >= 0.3 is 5.97 Å². The fourth-order valence-electron chi connectivity index (χ4n) is 4.18. The number of aliphatic hydroxyl groups excluding tert-OH is 3. The third kappa shape index (κ3) is 5.22. The zero-order valence-electron chi connectivity index (χ0n) is 20.6. The molecular weight excluding hydrogens is 508 g/mol. The van der Waals surface area contributed by atoms with Crippen molar-refractivity contribution in [2.24, 2.45) is 0 Å². The molecule has 2 aromatic rings. The first-order valence-electron chi connectivity index (χ1n) is 11.5. The van der Waals surface area contributed by atoms with Crippen LogP contribution in [0.4, 0.5) is 0 Å². The number of carbonyl (C=O) groups is 1. The molecular formula is C25H29O13+. The maximum Gasteiger partial charge on any atom is 0.302 e. The van der Waals surface area contributed by atoms with Crippen molar-refractivity contribution in [1.82, 2.24) is 0 Å². The molecule has 13 nitrogen and oxygen atoms in total. The van der Waals surface area contributed by atoms with E-state index in [1.165, 1.54) is 38.5 Å². The van der Waals surface area contributed by atoms with Gasteiger partial charge in [-0.2, -0.15) is 0 Å². The van der Waals surface area contributed by atoms with Crippen molar-refractivity contribution >= 4 is 12.0 Å². The Morgan fingerprint density at radius 3 is 2.24 bits per heavy atom. The second kappa shape index (κ2) is 10.8. The Labute approximate surface area is 216 Å². The fraction of sp³-hybridized carbons (Fsp3) is 0.400. The second-order valence-electron chi connectivity index (χ2n) is 8.69. The van der Waals surface area contributed by atoms with Crippen LogP contribution in [0.1, 0.15) is 24.2 Å². The summed E-state index contributed by atoms with van der Waals surface area (Å²) in [7, 11) is 2.69. The van der Waals surface area contributed by atoms with E-state index in [9.17, 15) is 35.4 Å². The van der Waals surface area contributed by atoms with Crippen molar-refractivity contribution in [3.63, 3.8) is 0 Å². The Hall–Kier alpha value is -3.91. The highest BCUT2D eigenvalue weighted by Gasteiger charge is 2.47. The lowest BCUT2D eigenvalue weighted by Gasteiger charge is -2.40. The van der Waals surface area contributed by atoms with Crippen molar-refractivity contribution in [2.45, 2.75) is 43.7 Å². The van der Waals surface area contributed by atoms with E-state index in [1.807, 2.05) is 0 Å². The molecule has 13 heteroatoms. The van der Waals surface area contributed by atoms with Gasteiger partial charge in [0.15, 0.2) is 17.3 Å². The number of benzene rings is 2. The molecule has 206 valence electrons. The van der Waals surface area contributed by atoms with Crippen LogP contribution < -0.4 is 9.47 Å². The first kappa shape index (κ1) is 27.1. The maximum atomic E-state index is 11.2. The molecule has 4 rings (SSSR count). The molecule has 1 fully saturated rings. The molecule has 0 aliphatic carbocycles. The van der Waals surface area contributed by atoms with Crippen LogP contribution in [-0.4, -0.2) is 92.9 Å². The number of ether oxygens (including phenoxy) is 6. The number of fused-ring (bicyclic) bond motifs is 1. The normalized spacial score (nSPS) is 26.4. The molecule has 0 amide bonds. The van der Waals surface area contributed by atoms with Crippen molar-refractivity contribution in [3.8, 4) is 34.5 Å². The van der Waals surface area contributed by atoms with E-state index in [0.29, 0.717) is 5.56 Å². The summed E-state index contributed by atoms with van der Waals surface area (Å²) in [5.74, 6) is -1.09. The van der Waals surface area contributed by atoms with Gasteiger partial charge in [-0.05, 0) is 12.1 Å². The number of esters is 1. The Morgan fingerprint density at radius 1 is 0.974 bits per heavy atom. The van der Waals surface area contributed by atoms with Crippen molar-refractivity contribution in [2.75, 3.05) is 20.8 Å². The van der Waals surface area contributed by atoms with Crippen LogP contribution in [0.15, 0.2) is 30.0 Å². The average molecular weight is 537 g/mol. The molecule has 0 saturated carbocycles. The number of aliphatic hydroxyl groups is 4. The summed E-state index contributed by atoms with van der Waals surface area (Å²) in [6.07, 6.45) is -7.39. The summed E-state index contributed by atoms with van der Waals surface area (Å²) in [6.45, 7) is 0.748. The summed E-state index contributed by atoms with van der Waals surface area (Å²) >= 11 is 0. The minimum absolute atomic E-state index is 0.0205. The zero-order valence-corrected chi connectivity index (χ0v) is 20.6. The standard InChI is InChI=1S/C25H28O13/c1-10(26)35-9-19-21(30)22(31)23(32)25(38-19)37-18-8-13-14(28)6-12(27)7-15(13)36-24(18)11-4-16(33-2)20(29)17(5-11)34-3/h4-8,19,21-25,27-32H,9H2,1-3H3/p+1/t19-,21+,22+,23-,24?,25?/m1/s1. The quantitative estimate of drug-likeness (QED) is 0.212. The van der Waals surface area contributed by atoms with Gasteiger partial charge in [-0.15, -0.1) is 0 Å². The molecule has 0 bridgehead atoms. The highest BCUT2D eigenvalue weighted by atomic mass is 16.7. The van der Waals surface area contributed by atoms with Crippen LogP contribution in [0.3, 0.4) is 0 Å². The number of aromatic hydroxyl groups is 4. The summed E-state index contributed by atoms with van der Waals surface area (Å²) in [5.41, 5.74) is 0.577. The van der Waals surface area contributed by atoms with Gasteiger partial charge < -0.3 is 59.1 Å². The number of hydrogen-bond acceptors (Lipinski definition) is 12. The molecule has 0 radical (unpaired) electrons. The van der Waals surface area contributed by atoms with Gasteiger partial charge in [0.1, 0.15) is 48.1 Å². The Balaban J connectivity index is 1.75. The van der Waals surface area contributed by atoms with Gasteiger partial charge in [0, 0.05) is 19.1 Å². The summed E-state index contributed by atoms with van der Waals surface area (Å²) < 4.78 is 31.5. The molecule has 2 heterocycles. The smallest absolute Gasteiger partial charge is 0.302 e. The van der Waals surface area contributed by atoms with E-state index >= 15 is 0 Å². The number of carbonyl (C=O) groups excluding carboxylic acids is 1. The largest absolute Gasteiger partial charge is 0.571 e. The van der Waals surface area contributed by atoms with Gasteiger partial charge in [-0.1, -0.05) is 0 Å². The summed E-state index contributed by atoms with van der Waals surface area (Å²) in [5, 5.41) is 62.0. The number of phenols is 3. The van der Waals surface area contributed by atoms with E-state index in [2.05, 4.69) is 4.74 Å². The third-order valence-corrected chi connectivity index (χ3v) is 6.13. The number of phenolic OH excluding ortho intramolecular Hbond substituents is 3. The zero-order chi connectivity index (χ0) is 27.7. The van der Waals surface area contributed by atoms with E-state index in [0.717, 1.165) is 13.0 Å². The van der Waals surface area contributed by atoms with Gasteiger partial charge in [-0.25, -0.2) is 0 Å². The fourth-order valence-corrected chi connectivity index (χ4v) is 4.18. The van der Waals surface area contributed by atoms with Crippen molar-refractivity contribution in [1.29, 1.82) is 0 Å². The first-order chi connectivity index (χ1) is 18.0. The molecule has 7 N–H and O–H groups in total. The van der Waals surface area contributed by atoms with Crippen molar-refractivity contribution < 1.29 is 63.9 Å².